The molecule has 10 aromatic rings. The first-order chi connectivity index (χ1) is 26.8. The molecule has 1 heterocycles. The summed E-state index contributed by atoms with van der Waals surface area (Å²) >= 11 is 1.89. The van der Waals surface area contributed by atoms with Crippen molar-refractivity contribution in [3.05, 3.63) is 212 Å². The van der Waals surface area contributed by atoms with Gasteiger partial charge in [0, 0.05) is 37.2 Å². The first-order valence-corrected chi connectivity index (χ1v) is 19.2. The molecule has 0 aliphatic carbocycles. The molecule has 0 aliphatic rings. The molecule has 0 spiro atoms. The van der Waals surface area contributed by atoms with E-state index < -0.39 is 0 Å². The first kappa shape index (κ1) is 32.0. The lowest BCUT2D eigenvalue weighted by Crippen LogP contribution is -2.10. The first-order valence-electron chi connectivity index (χ1n) is 18.4. The largest absolute Gasteiger partial charge is 0.310 e. The Morgan fingerprint density at radius 3 is 1.48 bits per heavy atom. The molecule has 0 amide bonds. The van der Waals surface area contributed by atoms with E-state index in [-0.39, 0.29) is 0 Å². The molecule has 10 rings (SSSR count). The molecule has 1 aromatic heterocycles. The zero-order chi connectivity index (χ0) is 35.8. The van der Waals surface area contributed by atoms with Gasteiger partial charge in [0.2, 0.25) is 0 Å². The predicted octanol–water partition coefficient (Wildman–Crippen LogP) is 15.3. The Balaban J connectivity index is 1.04. The second-order valence-electron chi connectivity index (χ2n) is 13.7. The van der Waals surface area contributed by atoms with Crippen LogP contribution in [0.25, 0.3) is 75.5 Å². The fourth-order valence-electron chi connectivity index (χ4n) is 7.78. The van der Waals surface area contributed by atoms with Crippen molar-refractivity contribution in [2.45, 2.75) is 0 Å². The summed E-state index contributed by atoms with van der Waals surface area (Å²) in [5, 5.41) is 5.27. The van der Waals surface area contributed by atoms with Crippen molar-refractivity contribution in [2.24, 2.45) is 0 Å². The van der Waals surface area contributed by atoms with Gasteiger partial charge in [-0.2, -0.15) is 0 Å². The fraction of sp³-hybridized carbons (Fsp3) is 0. The van der Waals surface area contributed by atoms with Crippen LogP contribution in [0.5, 0.6) is 0 Å². The van der Waals surface area contributed by atoms with Crippen molar-refractivity contribution in [2.75, 3.05) is 4.90 Å². The molecule has 1 nitrogen and oxygen atoms in total. The van der Waals surface area contributed by atoms with Crippen LogP contribution in [0.3, 0.4) is 0 Å². The number of fused-ring (bicyclic) bond motifs is 5. The third-order valence-electron chi connectivity index (χ3n) is 10.5. The van der Waals surface area contributed by atoms with Crippen LogP contribution in [0.4, 0.5) is 17.1 Å². The molecule has 0 N–H and O–H groups in total. The molecule has 0 atom stereocenters. The van der Waals surface area contributed by atoms with Crippen molar-refractivity contribution < 1.29 is 0 Å². The Morgan fingerprint density at radius 1 is 0.315 bits per heavy atom. The highest BCUT2D eigenvalue weighted by molar-refractivity contribution is 7.26. The van der Waals surface area contributed by atoms with Crippen LogP contribution < -0.4 is 4.90 Å². The van der Waals surface area contributed by atoms with E-state index in [1.807, 2.05) is 11.3 Å². The molecular weight excluding hydrogens is 671 g/mol. The molecule has 0 saturated carbocycles. The minimum atomic E-state index is 1.11. The predicted molar refractivity (Wildman–Crippen MR) is 233 cm³/mol. The van der Waals surface area contributed by atoms with E-state index in [4.69, 9.17) is 0 Å². The van der Waals surface area contributed by atoms with Gasteiger partial charge in [0.05, 0.1) is 0 Å². The topological polar surface area (TPSA) is 3.24 Å². The van der Waals surface area contributed by atoms with Crippen LogP contribution in [-0.2, 0) is 0 Å². The van der Waals surface area contributed by atoms with Crippen molar-refractivity contribution in [1.82, 2.24) is 0 Å². The number of anilines is 3. The molecular formula is C52H35NS. The van der Waals surface area contributed by atoms with Gasteiger partial charge >= 0.3 is 0 Å². The SMILES string of the molecule is c1ccc(-c2ccc(-c3ccc(N(c4ccc(-c5cccc6c5sc5ccc7ccccc7c56)cc4)c4cccc(-c5ccccc5)c4)cc3)cc2)cc1. The maximum absolute atomic E-state index is 2.37. The molecule has 9 aromatic carbocycles. The molecule has 2 heteroatoms. The highest BCUT2D eigenvalue weighted by atomic mass is 32.1. The Morgan fingerprint density at radius 2 is 0.815 bits per heavy atom. The van der Waals surface area contributed by atoms with Crippen molar-refractivity contribution in [3.8, 4) is 44.5 Å². The molecule has 0 aliphatic heterocycles. The van der Waals surface area contributed by atoms with E-state index in [0.29, 0.717) is 0 Å². The smallest absolute Gasteiger partial charge is 0.0467 e. The van der Waals surface area contributed by atoms with E-state index in [2.05, 4.69) is 217 Å². The van der Waals surface area contributed by atoms with Gasteiger partial charge < -0.3 is 4.90 Å². The second kappa shape index (κ2) is 13.7. The van der Waals surface area contributed by atoms with E-state index >= 15 is 0 Å². The zero-order valence-electron chi connectivity index (χ0n) is 29.6. The summed E-state index contributed by atoms with van der Waals surface area (Å²) in [4.78, 5) is 2.37. The van der Waals surface area contributed by atoms with Gasteiger partial charge in [0.1, 0.15) is 0 Å². The highest BCUT2D eigenvalue weighted by Gasteiger charge is 2.16. The lowest BCUT2D eigenvalue weighted by Gasteiger charge is -2.26. The number of thiophene rings is 1. The number of rotatable bonds is 7. The Bertz CT molecular complexity index is 2890. The third kappa shape index (κ3) is 5.84. The molecule has 0 bridgehead atoms. The Kier molecular flexibility index (Phi) is 8.09. The minimum absolute atomic E-state index is 1.11. The van der Waals surface area contributed by atoms with Crippen molar-refractivity contribution >= 4 is 59.3 Å². The summed E-state index contributed by atoms with van der Waals surface area (Å²) in [6, 6.07) is 76.9. The van der Waals surface area contributed by atoms with E-state index in [9.17, 15) is 0 Å². The lowest BCUT2D eigenvalue weighted by molar-refractivity contribution is 1.28. The maximum Gasteiger partial charge on any atom is 0.0467 e. The molecule has 0 saturated heterocycles. The quantitative estimate of drug-likeness (QED) is 0.160. The van der Waals surface area contributed by atoms with Crippen LogP contribution in [-0.4, -0.2) is 0 Å². The summed E-state index contributed by atoms with van der Waals surface area (Å²) in [5.74, 6) is 0. The number of hydrogen-bond acceptors (Lipinski definition) is 2. The Hall–Kier alpha value is -6.74. The van der Waals surface area contributed by atoms with E-state index in [1.165, 1.54) is 75.5 Å². The van der Waals surface area contributed by atoms with Gasteiger partial charge in [-0.1, -0.05) is 170 Å². The van der Waals surface area contributed by atoms with Gasteiger partial charge in [0.15, 0.2) is 0 Å². The number of hydrogen-bond donors (Lipinski definition) is 0. The van der Waals surface area contributed by atoms with Gasteiger partial charge in [-0.15, -0.1) is 11.3 Å². The van der Waals surface area contributed by atoms with Crippen molar-refractivity contribution in [3.63, 3.8) is 0 Å². The van der Waals surface area contributed by atoms with Crippen LogP contribution in [0.1, 0.15) is 0 Å². The summed E-state index contributed by atoms with van der Waals surface area (Å²) < 4.78 is 2.66. The number of benzene rings is 9. The molecule has 0 unspecified atom stereocenters. The summed E-state index contributed by atoms with van der Waals surface area (Å²) in [7, 11) is 0. The summed E-state index contributed by atoms with van der Waals surface area (Å²) in [6.07, 6.45) is 0. The minimum Gasteiger partial charge on any atom is -0.310 e. The Labute approximate surface area is 319 Å². The monoisotopic (exact) mass is 705 g/mol. The number of nitrogens with zero attached hydrogens (tertiary/aromatic N) is 1. The van der Waals surface area contributed by atoms with Crippen LogP contribution in [0.15, 0.2) is 212 Å². The zero-order valence-corrected chi connectivity index (χ0v) is 30.4. The average molecular weight is 706 g/mol. The fourth-order valence-corrected chi connectivity index (χ4v) is 9.03. The summed E-state index contributed by atoms with van der Waals surface area (Å²) in [6.45, 7) is 0. The van der Waals surface area contributed by atoms with Gasteiger partial charge in [0.25, 0.3) is 0 Å². The van der Waals surface area contributed by atoms with Gasteiger partial charge in [-0.05, 0) is 97.7 Å². The molecule has 254 valence electrons. The van der Waals surface area contributed by atoms with E-state index in [0.717, 1.165) is 17.1 Å². The normalized spacial score (nSPS) is 11.3. The molecule has 0 radical (unpaired) electrons. The van der Waals surface area contributed by atoms with Crippen LogP contribution in [0.2, 0.25) is 0 Å². The second-order valence-corrected chi connectivity index (χ2v) is 14.8. The third-order valence-corrected chi connectivity index (χ3v) is 11.7. The average Bonchev–Trinajstić information content (AvgIpc) is 3.65. The standard InChI is InChI=1S/C52H35NS/c1-3-11-36(12-4-1)38-21-23-39(24-22-38)40-25-30-44(31-26-40)53(46-17-9-16-43(35-46)37-13-5-2-6-14-37)45-32-27-42(28-33-45)48-19-10-20-49-51-47-18-8-7-15-41(47)29-34-50(51)54-52(48)49/h1-35H. The molecule has 0 fully saturated rings. The van der Waals surface area contributed by atoms with Crippen LogP contribution in [0, 0.1) is 0 Å². The van der Waals surface area contributed by atoms with Crippen molar-refractivity contribution in [1.29, 1.82) is 0 Å². The van der Waals surface area contributed by atoms with Gasteiger partial charge in [-0.3, -0.25) is 0 Å². The summed E-state index contributed by atoms with van der Waals surface area (Å²) in [5.41, 5.74) is 13.0. The maximum atomic E-state index is 2.37. The van der Waals surface area contributed by atoms with Crippen LogP contribution >= 0.6 is 11.3 Å². The highest BCUT2D eigenvalue weighted by Crippen LogP contribution is 2.44. The molecule has 54 heavy (non-hydrogen) atoms. The van der Waals surface area contributed by atoms with Gasteiger partial charge in [-0.25, -0.2) is 0 Å². The lowest BCUT2D eigenvalue weighted by atomic mass is 9.99. The van der Waals surface area contributed by atoms with E-state index in [1.54, 1.807) is 0 Å².